The molecular formula is C13H17ClN2O5. The number of rotatable bonds is 3. The van der Waals surface area contributed by atoms with Crippen LogP contribution in [0.2, 0.25) is 0 Å². The first-order valence-corrected chi connectivity index (χ1v) is 6.58. The van der Waals surface area contributed by atoms with Gasteiger partial charge in [0.1, 0.15) is 0 Å². The Labute approximate surface area is 127 Å². The van der Waals surface area contributed by atoms with Crippen molar-refractivity contribution in [1.82, 2.24) is 0 Å². The highest BCUT2D eigenvalue weighted by molar-refractivity contribution is 5.85. The molecule has 116 valence electrons. The fourth-order valence-corrected chi connectivity index (χ4v) is 2.70. The summed E-state index contributed by atoms with van der Waals surface area (Å²) in [6.07, 6.45) is 1.62. The van der Waals surface area contributed by atoms with Crippen LogP contribution in [0.3, 0.4) is 0 Å². The Morgan fingerprint density at radius 2 is 1.86 bits per heavy atom. The summed E-state index contributed by atoms with van der Waals surface area (Å²) in [4.78, 5) is 10.8. The number of benzene rings is 1. The highest BCUT2D eigenvalue weighted by Crippen LogP contribution is 2.42. The summed E-state index contributed by atoms with van der Waals surface area (Å²) in [5.74, 6) is 1.11. The monoisotopic (exact) mass is 316 g/mol. The van der Waals surface area contributed by atoms with Crippen LogP contribution in [0.4, 0.5) is 5.69 Å². The number of halogens is 1. The van der Waals surface area contributed by atoms with Crippen molar-refractivity contribution in [2.45, 2.75) is 18.9 Å². The third-order valence-electron chi connectivity index (χ3n) is 3.85. The van der Waals surface area contributed by atoms with Gasteiger partial charge in [0.25, 0.3) is 5.69 Å². The standard InChI is InChI=1S/C13H16N2O5.ClH/c14-13(8-1-3-18-4-2-8)9-5-11-12(20-7-19-11)6-10(9)15(16)17;/h5-6,8,13H,1-4,7,14H2;1H/t13-;/m0./s1. The number of nitro benzene ring substituents is 1. The molecule has 1 fully saturated rings. The molecular weight excluding hydrogens is 300 g/mol. The minimum atomic E-state index is -0.420. The van der Waals surface area contributed by atoms with Crippen LogP contribution in [0.25, 0.3) is 0 Å². The zero-order valence-corrected chi connectivity index (χ0v) is 12.1. The van der Waals surface area contributed by atoms with E-state index in [2.05, 4.69) is 0 Å². The van der Waals surface area contributed by atoms with E-state index in [4.69, 9.17) is 19.9 Å². The molecule has 0 radical (unpaired) electrons. The normalized spacial score (nSPS) is 18.9. The molecule has 0 spiro atoms. The molecule has 2 aliphatic heterocycles. The maximum atomic E-state index is 11.2. The fourth-order valence-electron chi connectivity index (χ4n) is 2.70. The summed E-state index contributed by atoms with van der Waals surface area (Å²) >= 11 is 0. The predicted molar refractivity (Wildman–Crippen MR) is 76.9 cm³/mol. The number of nitro groups is 1. The topological polar surface area (TPSA) is 96.9 Å². The second kappa shape index (κ2) is 6.46. The number of fused-ring (bicyclic) bond motifs is 1. The molecule has 0 amide bonds. The van der Waals surface area contributed by atoms with Crippen LogP contribution in [0, 0.1) is 16.0 Å². The molecule has 1 aromatic rings. The summed E-state index contributed by atoms with van der Waals surface area (Å²) in [5, 5.41) is 11.2. The van der Waals surface area contributed by atoms with E-state index in [0.717, 1.165) is 12.8 Å². The van der Waals surface area contributed by atoms with Crippen LogP contribution in [-0.2, 0) is 4.74 Å². The third-order valence-corrected chi connectivity index (χ3v) is 3.85. The maximum Gasteiger partial charge on any atom is 0.278 e. The average Bonchev–Trinajstić information content (AvgIpc) is 2.93. The third kappa shape index (κ3) is 3.04. The van der Waals surface area contributed by atoms with Gasteiger partial charge in [-0.15, -0.1) is 12.4 Å². The second-order valence-electron chi connectivity index (χ2n) is 5.00. The summed E-state index contributed by atoms with van der Waals surface area (Å²) < 4.78 is 15.8. The number of nitrogens with two attached hydrogens (primary N) is 1. The minimum absolute atomic E-state index is 0. The number of ether oxygens (including phenoxy) is 3. The minimum Gasteiger partial charge on any atom is -0.454 e. The van der Waals surface area contributed by atoms with Crippen molar-refractivity contribution in [2.24, 2.45) is 11.7 Å². The number of hydrogen-bond acceptors (Lipinski definition) is 6. The van der Waals surface area contributed by atoms with Crippen LogP contribution >= 0.6 is 12.4 Å². The van der Waals surface area contributed by atoms with Crippen molar-refractivity contribution in [2.75, 3.05) is 20.0 Å². The Hall–Kier alpha value is -1.57. The van der Waals surface area contributed by atoms with Crippen LogP contribution in [-0.4, -0.2) is 24.9 Å². The summed E-state index contributed by atoms with van der Waals surface area (Å²) in [6.45, 7) is 1.38. The molecule has 1 saturated heterocycles. The summed E-state index contributed by atoms with van der Waals surface area (Å²) in [5.41, 5.74) is 6.75. The predicted octanol–water partition coefficient (Wildman–Crippen LogP) is 2.17. The first-order valence-electron chi connectivity index (χ1n) is 6.58. The van der Waals surface area contributed by atoms with Gasteiger partial charge >= 0.3 is 0 Å². The van der Waals surface area contributed by atoms with Crippen molar-refractivity contribution < 1.29 is 19.1 Å². The lowest BCUT2D eigenvalue weighted by molar-refractivity contribution is -0.385. The van der Waals surface area contributed by atoms with Crippen LogP contribution in [0.15, 0.2) is 12.1 Å². The van der Waals surface area contributed by atoms with Gasteiger partial charge < -0.3 is 19.9 Å². The highest BCUT2D eigenvalue weighted by atomic mass is 35.5. The molecule has 2 aliphatic rings. The quantitative estimate of drug-likeness (QED) is 0.678. The first kappa shape index (κ1) is 15.8. The Morgan fingerprint density at radius 1 is 1.24 bits per heavy atom. The maximum absolute atomic E-state index is 11.2. The van der Waals surface area contributed by atoms with Gasteiger partial charge in [-0.3, -0.25) is 10.1 Å². The zero-order valence-electron chi connectivity index (χ0n) is 11.3. The summed E-state index contributed by atoms with van der Waals surface area (Å²) in [7, 11) is 0. The average molecular weight is 317 g/mol. The highest BCUT2D eigenvalue weighted by Gasteiger charge is 2.31. The van der Waals surface area contributed by atoms with Crippen LogP contribution in [0.5, 0.6) is 11.5 Å². The van der Waals surface area contributed by atoms with Gasteiger partial charge in [0, 0.05) is 19.3 Å². The fraction of sp³-hybridized carbons (Fsp3) is 0.538. The molecule has 21 heavy (non-hydrogen) atoms. The molecule has 2 N–H and O–H groups in total. The molecule has 0 bridgehead atoms. The lowest BCUT2D eigenvalue weighted by Crippen LogP contribution is -2.28. The molecule has 0 saturated carbocycles. The van der Waals surface area contributed by atoms with Crippen molar-refractivity contribution >= 4 is 18.1 Å². The second-order valence-corrected chi connectivity index (χ2v) is 5.00. The molecule has 0 unspecified atom stereocenters. The Bertz CT molecular complexity index is 534. The van der Waals surface area contributed by atoms with E-state index < -0.39 is 11.0 Å². The van der Waals surface area contributed by atoms with E-state index in [1.165, 1.54) is 6.07 Å². The lowest BCUT2D eigenvalue weighted by Gasteiger charge is -2.27. The molecule has 3 rings (SSSR count). The Kier molecular flexibility index (Phi) is 4.87. The van der Waals surface area contributed by atoms with Gasteiger partial charge in [-0.05, 0) is 24.8 Å². The van der Waals surface area contributed by atoms with Crippen LogP contribution in [0.1, 0.15) is 24.4 Å². The van der Waals surface area contributed by atoms with Crippen molar-refractivity contribution in [3.8, 4) is 11.5 Å². The molecule has 0 aliphatic carbocycles. The first-order chi connectivity index (χ1) is 9.66. The SMILES string of the molecule is Cl.N[C@H](c1cc2c(cc1[N+](=O)[O-])OCO2)C1CCOCC1. The van der Waals surface area contributed by atoms with Crippen molar-refractivity contribution in [1.29, 1.82) is 0 Å². The van der Waals surface area contributed by atoms with E-state index in [1.807, 2.05) is 0 Å². The number of hydrogen-bond donors (Lipinski definition) is 1. The van der Waals surface area contributed by atoms with Gasteiger partial charge in [-0.25, -0.2) is 0 Å². The largest absolute Gasteiger partial charge is 0.454 e. The van der Waals surface area contributed by atoms with Gasteiger partial charge in [0.2, 0.25) is 6.79 Å². The molecule has 2 heterocycles. The van der Waals surface area contributed by atoms with E-state index in [1.54, 1.807) is 6.07 Å². The van der Waals surface area contributed by atoms with Gasteiger partial charge in [0.05, 0.1) is 16.6 Å². The summed E-state index contributed by atoms with van der Waals surface area (Å²) in [6, 6.07) is 2.64. The number of nitrogens with zero attached hydrogens (tertiary/aromatic N) is 1. The Balaban J connectivity index is 0.00000161. The zero-order chi connectivity index (χ0) is 14.1. The van der Waals surface area contributed by atoms with E-state index in [0.29, 0.717) is 30.3 Å². The van der Waals surface area contributed by atoms with E-state index in [-0.39, 0.29) is 30.8 Å². The molecule has 1 aromatic carbocycles. The molecule has 8 heteroatoms. The van der Waals surface area contributed by atoms with E-state index >= 15 is 0 Å². The Morgan fingerprint density at radius 3 is 2.48 bits per heavy atom. The van der Waals surface area contributed by atoms with E-state index in [9.17, 15) is 10.1 Å². The molecule has 7 nitrogen and oxygen atoms in total. The van der Waals surface area contributed by atoms with Crippen LogP contribution < -0.4 is 15.2 Å². The van der Waals surface area contributed by atoms with Crippen molar-refractivity contribution in [3.63, 3.8) is 0 Å². The molecule has 0 aromatic heterocycles. The van der Waals surface area contributed by atoms with Crippen molar-refractivity contribution in [3.05, 3.63) is 27.8 Å². The van der Waals surface area contributed by atoms with Gasteiger partial charge in [-0.1, -0.05) is 0 Å². The van der Waals surface area contributed by atoms with Gasteiger partial charge in [-0.2, -0.15) is 0 Å². The van der Waals surface area contributed by atoms with Gasteiger partial charge in [0.15, 0.2) is 11.5 Å². The lowest BCUT2D eigenvalue weighted by atomic mass is 9.87. The molecule has 1 atom stereocenters. The smallest absolute Gasteiger partial charge is 0.278 e.